The Hall–Kier alpha value is -2.46. The lowest BCUT2D eigenvalue weighted by atomic mass is 9.93. The number of pyridine rings is 1. The van der Waals surface area contributed by atoms with Crippen molar-refractivity contribution in [3.63, 3.8) is 0 Å². The second-order valence-electron chi connectivity index (χ2n) is 6.88. The number of methoxy groups -OCH3 is 1. The van der Waals surface area contributed by atoms with Crippen molar-refractivity contribution in [1.82, 2.24) is 19.9 Å². The van der Waals surface area contributed by atoms with E-state index in [-0.39, 0.29) is 23.7 Å². The van der Waals surface area contributed by atoms with Crippen molar-refractivity contribution in [2.45, 2.75) is 44.0 Å². The molecule has 0 bridgehead atoms. The van der Waals surface area contributed by atoms with Crippen LogP contribution in [-0.4, -0.2) is 52.9 Å². The molecular weight excluding hydrogens is 389 g/mol. The van der Waals surface area contributed by atoms with Gasteiger partial charge < -0.3 is 14.8 Å². The summed E-state index contributed by atoms with van der Waals surface area (Å²) in [5, 5.41) is 2.80. The number of alkyl halides is 3. The largest absolute Gasteiger partial charge is 0.416 e. The maximum absolute atomic E-state index is 13.3. The van der Waals surface area contributed by atoms with Crippen LogP contribution in [0.3, 0.4) is 0 Å². The molecule has 29 heavy (non-hydrogen) atoms. The molecule has 0 unspecified atom stereocenters. The molecular formula is C19H23F3N4O3. The highest BCUT2D eigenvalue weighted by molar-refractivity contribution is 5.93. The number of ether oxygens (including phenoxy) is 2. The van der Waals surface area contributed by atoms with Gasteiger partial charge in [-0.05, 0) is 37.8 Å². The Morgan fingerprint density at radius 3 is 2.62 bits per heavy atom. The van der Waals surface area contributed by atoms with Crippen LogP contribution in [0.15, 0.2) is 30.9 Å². The van der Waals surface area contributed by atoms with Crippen LogP contribution in [0.4, 0.5) is 13.2 Å². The zero-order chi connectivity index (χ0) is 20.9. The molecule has 7 nitrogen and oxygen atoms in total. The van der Waals surface area contributed by atoms with E-state index in [0.29, 0.717) is 26.1 Å². The Labute approximate surface area is 166 Å². The summed E-state index contributed by atoms with van der Waals surface area (Å²) < 4.78 is 51.8. The predicted octanol–water partition coefficient (Wildman–Crippen LogP) is 2.99. The van der Waals surface area contributed by atoms with E-state index in [4.69, 9.17) is 9.47 Å². The third-order valence-electron chi connectivity index (χ3n) is 4.79. The quantitative estimate of drug-likeness (QED) is 0.708. The molecule has 1 fully saturated rings. The highest BCUT2D eigenvalue weighted by Crippen LogP contribution is 2.31. The number of aromatic nitrogens is 3. The van der Waals surface area contributed by atoms with Crippen molar-refractivity contribution in [3.8, 4) is 5.82 Å². The molecule has 1 aliphatic rings. The fourth-order valence-electron chi connectivity index (χ4n) is 3.25. The Bertz CT molecular complexity index is 804. The van der Waals surface area contributed by atoms with Gasteiger partial charge in [0.25, 0.3) is 5.91 Å². The Morgan fingerprint density at radius 1 is 1.24 bits per heavy atom. The molecule has 1 aliphatic carbocycles. The molecule has 2 heterocycles. The normalized spacial score (nSPS) is 19.9. The molecule has 158 valence electrons. The summed E-state index contributed by atoms with van der Waals surface area (Å²) in [6, 6.07) is 1.54. The van der Waals surface area contributed by atoms with Crippen LogP contribution in [0, 0.1) is 0 Å². The van der Waals surface area contributed by atoms with Gasteiger partial charge in [0.2, 0.25) is 0 Å². The fraction of sp³-hybridized carbons (Fsp3) is 0.526. The molecule has 0 aromatic carbocycles. The lowest BCUT2D eigenvalue weighted by Crippen LogP contribution is -2.39. The minimum atomic E-state index is -4.59. The Balaban J connectivity index is 1.67. The molecule has 1 N–H and O–H groups in total. The van der Waals surface area contributed by atoms with Crippen LogP contribution in [0.25, 0.3) is 5.82 Å². The zero-order valence-electron chi connectivity index (χ0n) is 16.0. The molecule has 0 radical (unpaired) electrons. The first-order valence-corrected chi connectivity index (χ1v) is 9.36. The average Bonchev–Trinajstić information content (AvgIpc) is 3.23. The molecule has 2 aromatic rings. The first kappa shape index (κ1) is 21.3. The van der Waals surface area contributed by atoms with Gasteiger partial charge in [-0.1, -0.05) is 0 Å². The second kappa shape index (κ2) is 9.36. The van der Waals surface area contributed by atoms with Gasteiger partial charge in [-0.2, -0.15) is 13.2 Å². The highest BCUT2D eigenvalue weighted by Gasteiger charge is 2.33. The van der Waals surface area contributed by atoms with Crippen molar-refractivity contribution in [2.24, 2.45) is 0 Å². The lowest BCUT2D eigenvalue weighted by molar-refractivity contribution is -0.137. The van der Waals surface area contributed by atoms with E-state index in [2.05, 4.69) is 15.3 Å². The molecule has 0 spiro atoms. The number of amides is 1. The molecule has 1 saturated carbocycles. The van der Waals surface area contributed by atoms with E-state index in [9.17, 15) is 18.0 Å². The first-order valence-electron chi connectivity index (χ1n) is 9.36. The number of nitrogens with one attached hydrogen (secondary N) is 1. The summed E-state index contributed by atoms with van der Waals surface area (Å²) in [7, 11) is 1.61. The van der Waals surface area contributed by atoms with Crippen molar-refractivity contribution < 1.29 is 27.4 Å². The van der Waals surface area contributed by atoms with E-state index in [1.54, 1.807) is 7.11 Å². The topological polar surface area (TPSA) is 78.3 Å². The van der Waals surface area contributed by atoms with E-state index in [1.807, 2.05) is 0 Å². The van der Waals surface area contributed by atoms with Gasteiger partial charge in [0.15, 0.2) is 0 Å². The summed E-state index contributed by atoms with van der Waals surface area (Å²) in [4.78, 5) is 20.5. The Kier molecular flexibility index (Phi) is 6.86. The number of carbonyl (C=O) groups is 1. The van der Waals surface area contributed by atoms with E-state index >= 15 is 0 Å². The van der Waals surface area contributed by atoms with E-state index < -0.39 is 17.6 Å². The number of hydrogen-bond donors (Lipinski definition) is 1. The van der Waals surface area contributed by atoms with Gasteiger partial charge in [-0.15, -0.1) is 0 Å². The first-order chi connectivity index (χ1) is 13.9. The lowest BCUT2D eigenvalue weighted by Gasteiger charge is -2.29. The summed E-state index contributed by atoms with van der Waals surface area (Å²) >= 11 is 0. The number of halogens is 3. The van der Waals surface area contributed by atoms with Crippen molar-refractivity contribution in [2.75, 3.05) is 20.3 Å². The van der Waals surface area contributed by atoms with Crippen LogP contribution >= 0.6 is 0 Å². The van der Waals surface area contributed by atoms with Crippen molar-refractivity contribution in [1.29, 1.82) is 0 Å². The summed E-state index contributed by atoms with van der Waals surface area (Å²) in [6.45, 7) is 1.04. The number of nitrogens with zero attached hydrogens (tertiary/aromatic N) is 3. The van der Waals surface area contributed by atoms with E-state index in [0.717, 1.165) is 25.0 Å². The van der Waals surface area contributed by atoms with Crippen LogP contribution in [0.2, 0.25) is 0 Å². The molecule has 0 atom stereocenters. The maximum Gasteiger partial charge on any atom is 0.416 e. The molecule has 10 heteroatoms. The Morgan fingerprint density at radius 2 is 2.00 bits per heavy atom. The third kappa shape index (κ3) is 5.77. The van der Waals surface area contributed by atoms with Gasteiger partial charge in [0.05, 0.1) is 24.9 Å². The molecule has 1 amide bonds. The smallest absolute Gasteiger partial charge is 0.382 e. The minimum absolute atomic E-state index is 0.0160. The number of hydrogen-bond acceptors (Lipinski definition) is 5. The highest BCUT2D eigenvalue weighted by atomic mass is 19.4. The van der Waals surface area contributed by atoms with E-state index in [1.165, 1.54) is 23.3 Å². The molecule has 0 saturated heterocycles. The fourth-order valence-corrected chi connectivity index (χ4v) is 3.25. The summed E-state index contributed by atoms with van der Waals surface area (Å²) in [6.07, 6.45) is 2.66. The molecule has 3 rings (SSSR count). The number of rotatable bonds is 7. The van der Waals surface area contributed by atoms with Crippen LogP contribution in [0.5, 0.6) is 0 Å². The van der Waals surface area contributed by atoms with Gasteiger partial charge in [0.1, 0.15) is 17.8 Å². The van der Waals surface area contributed by atoms with Gasteiger partial charge >= 0.3 is 6.18 Å². The summed E-state index contributed by atoms with van der Waals surface area (Å²) in [5.74, 6) is -0.640. The van der Waals surface area contributed by atoms with Crippen LogP contribution in [-0.2, 0) is 15.7 Å². The number of carbonyl (C=O) groups excluding carboxylic acids is 1. The van der Waals surface area contributed by atoms with Gasteiger partial charge in [-0.25, -0.2) is 9.97 Å². The zero-order valence-corrected chi connectivity index (χ0v) is 16.0. The molecule has 2 aromatic heterocycles. The third-order valence-corrected chi connectivity index (χ3v) is 4.79. The monoisotopic (exact) mass is 412 g/mol. The SMILES string of the molecule is COCCO[C@H]1CC[C@H](NC(=O)c2cc(C(F)(F)F)cc(-n3ccnc3)n2)CC1. The average molecular weight is 412 g/mol. The summed E-state index contributed by atoms with van der Waals surface area (Å²) in [5.41, 5.74) is -1.21. The minimum Gasteiger partial charge on any atom is -0.382 e. The van der Waals surface area contributed by atoms with Crippen molar-refractivity contribution in [3.05, 3.63) is 42.1 Å². The van der Waals surface area contributed by atoms with Crippen molar-refractivity contribution >= 4 is 5.91 Å². The predicted molar refractivity (Wildman–Crippen MR) is 97.7 cm³/mol. The van der Waals surface area contributed by atoms with Gasteiger partial charge in [-0.3, -0.25) is 9.36 Å². The van der Waals surface area contributed by atoms with Gasteiger partial charge in [0, 0.05) is 25.5 Å². The standard InChI is InChI=1S/C19H23F3N4O3/c1-28-8-9-29-15-4-2-14(3-5-15)24-18(27)16-10-13(19(20,21)22)11-17(25-16)26-7-6-23-12-26/h6-7,10-12,14-15H,2-5,8-9H2,1H3,(H,24,27)/t14-,15-. The second-order valence-corrected chi connectivity index (χ2v) is 6.88. The van der Waals surface area contributed by atoms with Crippen LogP contribution in [0.1, 0.15) is 41.7 Å². The maximum atomic E-state index is 13.3. The number of imidazole rings is 1. The van der Waals surface area contributed by atoms with Crippen LogP contribution < -0.4 is 5.32 Å². The molecule has 0 aliphatic heterocycles.